The summed E-state index contributed by atoms with van der Waals surface area (Å²) < 4.78 is 16.0. The van der Waals surface area contributed by atoms with Gasteiger partial charge in [-0.15, -0.1) is 0 Å². The van der Waals surface area contributed by atoms with E-state index >= 15 is 0 Å². The van der Waals surface area contributed by atoms with Gasteiger partial charge in [0.25, 0.3) is 0 Å². The second-order valence-electron chi connectivity index (χ2n) is 3.20. The first-order chi connectivity index (χ1) is 6.83. The molecular formula is C10H19NO3. The van der Waals surface area contributed by atoms with Gasteiger partial charge in [-0.1, -0.05) is 0 Å². The average Bonchev–Trinajstić information content (AvgIpc) is 2.27. The monoisotopic (exact) mass is 201 g/mol. The Morgan fingerprint density at radius 2 is 2.14 bits per heavy atom. The van der Waals surface area contributed by atoms with Crippen LogP contribution in [0.3, 0.4) is 0 Å². The van der Waals surface area contributed by atoms with E-state index in [0.29, 0.717) is 0 Å². The maximum absolute atomic E-state index is 5.55. The zero-order valence-electron chi connectivity index (χ0n) is 9.08. The Labute approximate surface area is 85.2 Å². The summed E-state index contributed by atoms with van der Waals surface area (Å²) >= 11 is 0. The molecule has 1 rings (SSSR count). The van der Waals surface area contributed by atoms with Crippen LogP contribution in [0.25, 0.3) is 0 Å². The molecule has 1 aliphatic rings. The van der Waals surface area contributed by atoms with Crippen molar-refractivity contribution in [1.82, 2.24) is 5.32 Å². The molecule has 0 radical (unpaired) electrons. The van der Waals surface area contributed by atoms with Crippen LogP contribution in [0.4, 0.5) is 0 Å². The Morgan fingerprint density at radius 3 is 2.57 bits per heavy atom. The van der Waals surface area contributed by atoms with Crippen LogP contribution in [-0.4, -0.2) is 40.2 Å². The van der Waals surface area contributed by atoms with Gasteiger partial charge in [0, 0.05) is 14.2 Å². The van der Waals surface area contributed by atoms with Gasteiger partial charge < -0.3 is 19.5 Å². The van der Waals surface area contributed by atoms with Gasteiger partial charge in [-0.3, -0.25) is 0 Å². The van der Waals surface area contributed by atoms with Crippen molar-refractivity contribution in [2.24, 2.45) is 0 Å². The summed E-state index contributed by atoms with van der Waals surface area (Å²) in [4.78, 5) is 0. The summed E-state index contributed by atoms with van der Waals surface area (Å²) in [7, 11) is 5.12. The van der Waals surface area contributed by atoms with Crippen molar-refractivity contribution in [3.63, 3.8) is 0 Å². The Kier molecular flexibility index (Phi) is 4.93. The molecule has 1 N–H and O–H groups in total. The van der Waals surface area contributed by atoms with E-state index < -0.39 is 0 Å². The number of ether oxygens (including phenoxy) is 3. The molecule has 0 saturated heterocycles. The van der Waals surface area contributed by atoms with E-state index in [2.05, 4.69) is 11.4 Å². The minimum Gasteiger partial charge on any atom is -0.496 e. The lowest BCUT2D eigenvalue weighted by Gasteiger charge is -2.28. The van der Waals surface area contributed by atoms with Gasteiger partial charge in [0.05, 0.1) is 6.61 Å². The van der Waals surface area contributed by atoms with Crippen molar-refractivity contribution in [3.05, 3.63) is 11.8 Å². The topological polar surface area (TPSA) is 39.7 Å². The van der Waals surface area contributed by atoms with Gasteiger partial charge in [0.2, 0.25) is 0 Å². The van der Waals surface area contributed by atoms with Crippen LogP contribution < -0.4 is 5.32 Å². The quantitative estimate of drug-likeness (QED) is 0.670. The molecule has 0 saturated carbocycles. The van der Waals surface area contributed by atoms with Crippen LogP contribution in [-0.2, 0) is 14.2 Å². The van der Waals surface area contributed by atoms with Crippen molar-refractivity contribution in [2.75, 3.05) is 27.9 Å². The summed E-state index contributed by atoms with van der Waals surface area (Å²) in [5, 5.41) is 3.13. The van der Waals surface area contributed by atoms with Crippen molar-refractivity contribution in [2.45, 2.75) is 25.2 Å². The van der Waals surface area contributed by atoms with Crippen LogP contribution >= 0.6 is 0 Å². The molecule has 0 aliphatic carbocycles. The van der Waals surface area contributed by atoms with Gasteiger partial charge >= 0.3 is 0 Å². The number of likely N-dealkylation sites (N-methyl/N-ethyl adjacent to an activating group) is 1. The predicted molar refractivity (Wildman–Crippen MR) is 53.9 cm³/mol. The highest BCUT2D eigenvalue weighted by Gasteiger charge is 2.25. The molecule has 4 nitrogen and oxygen atoms in total. The maximum Gasteiger partial charge on any atom is 0.179 e. The highest BCUT2D eigenvalue weighted by Crippen LogP contribution is 2.17. The van der Waals surface area contributed by atoms with E-state index in [-0.39, 0.29) is 12.3 Å². The minimum atomic E-state index is -0.302. The fourth-order valence-corrected chi connectivity index (χ4v) is 1.57. The summed E-state index contributed by atoms with van der Waals surface area (Å²) in [6.07, 6.45) is 3.94. The highest BCUT2D eigenvalue weighted by atomic mass is 16.7. The molecule has 1 aliphatic heterocycles. The first-order valence-corrected chi connectivity index (χ1v) is 4.89. The summed E-state index contributed by atoms with van der Waals surface area (Å²) in [6.45, 7) is 0.782. The molecule has 0 amide bonds. The molecule has 14 heavy (non-hydrogen) atoms. The Balaban J connectivity index is 2.63. The van der Waals surface area contributed by atoms with Gasteiger partial charge in [-0.2, -0.15) is 0 Å². The van der Waals surface area contributed by atoms with Gasteiger partial charge in [0.15, 0.2) is 6.29 Å². The zero-order chi connectivity index (χ0) is 10.4. The van der Waals surface area contributed by atoms with Crippen molar-refractivity contribution >= 4 is 0 Å². The van der Waals surface area contributed by atoms with Gasteiger partial charge in [-0.05, 0) is 26.0 Å². The van der Waals surface area contributed by atoms with E-state index in [4.69, 9.17) is 14.2 Å². The molecule has 82 valence electrons. The third-order valence-electron chi connectivity index (χ3n) is 2.32. The standard InChI is InChI=1S/C10H19NO3/c1-11-9(10(12-2)13-3)8-6-4-5-7-14-8/h6,9-11H,4-5,7H2,1-3H3. The molecule has 0 aromatic rings. The van der Waals surface area contributed by atoms with Gasteiger partial charge in [-0.25, -0.2) is 0 Å². The minimum absolute atomic E-state index is 0.0229. The number of allylic oxidation sites excluding steroid dienone is 1. The predicted octanol–water partition coefficient (Wildman–Crippen LogP) is 0.888. The van der Waals surface area contributed by atoms with Crippen LogP contribution in [0.1, 0.15) is 12.8 Å². The van der Waals surface area contributed by atoms with E-state index in [1.54, 1.807) is 14.2 Å². The SMILES string of the molecule is CNC(C1=CCCCO1)C(OC)OC. The van der Waals surface area contributed by atoms with E-state index in [9.17, 15) is 0 Å². The molecule has 0 spiro atoms. The van der Waals surface area contributed by atoms with Crippen LogP contribution in [0, 0.1) is 0 Å². The second-order valence-corrected chi connectivity index (χ2v) is 3.20. The molecule has 1 atom stereocenters. The summed E-state index contributed by atoms with van der Waals surface area (Å²) in [6, 6.07) is -0.0229. The lowest BCUT2D eigenvalue weighted by atomic mass is 10.1. The Morgan fingerprint density at radius 1 is 1.43 bits per heavy atom. The fourth-order valence-electron chi connectivity index (χ4n) is 1.57. The normalized spacial score (nSPS) is 19.0. The van der Waals surface area contributed by atoms with Crippen molar-refractivity contribution < 1.29 is 14.2 Å². The number of hydrogen-bond acceptors (Lipinski definition) is 4. The number of nitrogens with one attached hydrogen (secondary N) is 1. The number of hydrogen-bond donors (Lipinski definition) is 1. The molecule has 0 aromatic heterocycles. The third-order valence-corrected chi connectivity index (χ3v) is 2.32. The van der Waals surface area contributed by atoms with Crippen LogP contribution in [0.15, 0.2) is 11.8 Å². The molecule has 0 fully saturated rings. The first kappa shape index (κ1) is 11.5. The molecule has 4 heteroatoms. The lowest BCUT2D eigenvalue weighted by molar-refractivity contribution is -0.122. The summed E-state index contributed by atoms with van der Waals surface area (Å²) in [5.74, 6) is 0.924. The van der Waals surface area contributed by atoms with E-state index in [0.717, 1.165) is 25.2 Å². The summed E-state index contributed by atoms with van der Waals surface area (Å²) in [5.41, 5.74) is 0. The average molecular weight is 201 g/mol. The fraction of sp³-hybridized carbons (Fsp3) is 0.800. The zero-order valence-corrected chi connectivity index (χ0v) is 9.08. The molecule has 1 heterocycles. The lowest BCUT2D eigenvalue weighted by Crippen LogP contribution is -2.42. The molecular weight excluding hydrogens is 182 g/mol. The first-order valence-electron chi connectivity index (χ1n) is 4.89. The second kappa shape index (κ2) is 6.01. The third kappa shape index (κ3) is 2.70. The molecule has 1 unspecified atom stereocenters. The Hall–Kier alpha value is -0.580. The molecule has 0 aromatic carbocycles. The van der Waals surface area contributed by atoms with E-state index in [1.807, 2.05) is 7.05 Å². The Bertz CT molecular complexity index is 190. The molecule has 0 bridgehead atoms. The van der Waals surface area contributed by atoms with Crippen molar-refractivity contribution in [1.29, 1.82) is 0 Å². The van der Waals surface area contributed by atoms with Crippen LogP contribution in [0.5, 0.6) is 0 Å². The number of methoxy groups -OCH3 is 2. The largest absolute Gasteiger partial charge is 0.496 e. The smallest absolute Gasteiger partial charge is 0.179 e. The van der Waals surface area contributed by atoms with Gasteiger partial charge in [0.1, 0.15) is 11.8 Å². The van der Waals surface area contributed by atoms with E-state index in [1.165, 1.54) is 0 Å². The van der Waals surface area contributed by atoms with Crippen molar-refractivity contribution in [3.8, 4) is 0 Å². The highest BCUT2D eigenvalue weighted by molar-refractivity contribution is 5.06. The number of rotatable bonds is 5. The maximum atomic E-state index is 5.55. The van der Waals surface area contributed by atoms with Crippen LogP contribution in [0.2, 0.25) is 0 Å².